The summed E-state index contributed by atoms with van der Waals surface area (Å²) in [5.74, 6) is 1.42. The zero-order chi connectivity index (χ0) is 8.97. The van der Waals surface area contributed by atoms with Gasteiger partial charge < -0.3 is 14.4 Å². The molecule has 0 amide bonds. The number of hydrogen-bond donors (Lipinski definition) is 1. The third-order valence-corrected chi connectivity index (χ3v) is 1.43. The van der Waals surface area contributed by atoms with Gasteiger partial charge in [-0.15, -0.1) is 0 Å². The molecule has 0 saturated heterocycles. The average molecular weight is 170 g/mol. The molecule has 4 nitrogen and oxygen atoms in total. The number of hydrogen-bond acceptors (Lipinski definition) is 4. The molecule has 0 radical (unpaired) electrons. The molecule has 1 aromatic rings. The van der Waals surface area contributed by atoms with Gasteiger partial charge in [0.05, 0.1) is 14.2 Å². The Morgan fingerprint density at radius 3 is 1.67 bits per heavy atom. The van der Waals surface area contributed by atoms with E-state index in [0.29, 0.717) is 11.5 Å². The van der Waals surface area contributed by atoms with Crippen molar-refractivity contribution in [3.8, 4) is 17.2 Å². The highest BCUT2D eigenvalue weighted by atomic mass is 17.1. The van der Waals surface area contributed by atoms with Gasteiger partial charge in [-0.25, -0.2) is 5.26 Å². The molecule has 1 N–H and O–H groups in total. The fraction of sp³-hybridized carbons (Fsp3) is 0.250. The van der Waals surface area contributed by atoms with Gasteiger partial charge in [0.15, 0.2) is 5.75 Å². The van der Waals surface area contributed by atoms with E-state index in [2.05, 4.69) is 4.89 Å². The lowest BCUT2D eigenvalue weighted by Gasteiger charge is -2.05. The average Bonchev–Trinajstić information content (AvgIpc) is 2.16. The monoisotopic (exact) mass is 170 g/mol. The summed E-state index contributed by atoms with van der Waals surface area (Å²) in [6, 6.07) is 4.77. The molecule has 0 aliphatic heterocycles. The topological polar surface area (TPSA) is 47.9 Å². The summed E-state index contributed by atoms with van der Waals surface area (Å²) < 4.78 is 9.86. The molecular weight excluding hydrogens is 160 g/mol. The molecule has 1 rings (SSSR count). The molecule has 0 aliphatic carbocycles. The minimum absolute atomic E-state index is 0.284. The Kier molecular flexibility index (Phi) is 2.76. The Hall–Kier alpha value is -1.42. The van der Waals surface area contributed by atoms with Crippen LogP contribution in [0.25, 0.3) is 0 Å². The summed E-state index contributed by atoms with van der Waals surface area (Å²) in [6.45, 7) is 0. The smallest absolute Gasteiger partial charge is 0.172 e. The van der Waals surface area contributed by atoms with Crippen molar-refractivity contribution in [2.75, 3.05) is 14.2 Å². The van der Waals surface area contributed by atoms with Gasteiger partial charge in [0.2, 0.25) is 0 Å². The van der Waals surface area contributed by atoms with Gasteiger partial charge >= 0.3 is 0 Å². The molecule has 0 saturated carbocycles. The highest BCUT2D eigenvalue weighted by Gasteiger charge is 2.01. The van der Waals surface area contributed by atoms with Gasteiger partial charge in [-0.1, -0.05) is 0 Å². The van der Waals surface area contributed by atoms with E-state index in [9.17, 15) is 0 Å². The van der Waals surface area contributed by atoms with E-state index in [1.165, 1.54) is 14.2 Å². The van der Waals surface area contributed by atoms with Gasteiger partial charge in [0, 0.05) is 18.2 Å². The fourth-order valence-corrected chi connectivity index (χ4v) is 0.834. The molecule has 0 fully saturated rings. The van der Waals surface area contributed by atoms with Crippen LogP contribution < -0.4 is 14.4 Å². The molecule has 1 aromatic carbocycles. The first kappa shape index (κ1) is 8.67. The maximum Gasteiger partial charge on any atom is 0.172 e. The van der Waals surface area contributed by atoms with Gasteiger partial charge in [-0.3, -0.25) is 0 Å². The van der Waals surface area contributed by atoms with Crippen molar-refractivity contribution >= 4 is 0 Å². The van der Waals surface area contributed by atoms with Gasteiger partial charge in [-0.2, -0.15) is 0 Å². The van der Waals surface area contributed by atoms with E-state index in [1.54, 1.807) is 18.2 Å². The number of methoxy groups -OCH3 is 2. The standard InChI is InChI=1S/C8H10O4/c1-10-6-3-7(11-2)5-8(4-6)12-9/h3-5,9H,1-2H3. The van der Waals surface area contributed by atoms with Crippen LogP contribution in [-0.2, 0) is 0 Å². The Balaban J connectivity index is 3.01. The summed E-state index contributed by atoms with van der Waals surface area (Å²) in [6.07, 6.45) is 0. The number of benzene rings is 1. The Labute approximate surface area is 70.2 Å². The Bertz CT molecular complexity index is 204. The molecule has 0 spiro atoms. The Morgan fingerprint density at radius 1 is 0.917 bits per heavy atom. The second kappa shape index (κ2) is 3.82. The van der Waals surface area contributed by atoms with Crippen LogP contribution in [0.2, 0.25) is 0 Å². The second-order valence-electron chi connectivity index (χ2n) is 2.14. The van der Waals surface area contributed by atoms with Crippen molar-refractivity contribution in [1.82, 2.24) is 0 Å². The van der Waals surface area contributed by atoms with E-state index < -0.39 is 0 Å². The van der Waals surface area contributed by atoms with E-state index in [-0.39, 0.29) is 5.75 Å². The normalized spacial score (nSPS) is 9.25. The molecule has 66 valence electrons. The van der Waals surface area contributed by atoms with Crippen molar-refractivity contribution in [3.05, 3.63) is 18.2 Å². The van der Waals surface area contributed by atoms with Crippen LogP contribution in [0, 0.1) is 0 Å². The van der Waals surface area contributed by atoms with E-state index >= 15 is 0 Å². The molecule has 0 atom stereocenters. The van der Waals surface area contributed by atoms with Crippen molar-refractivity contribution in [3.63, 3.8) is 0 Å². The molecule has 4 heteroatoms. The lowest BCUT2D eigenvalue weighted by molar-refractivity contribution is -0.137. The van der Waals surface area contributed by atoms with Gasteiger partial charge in [0.25, 0.3) is 0 Å². The van der Waals surface area contributed by atoms with E-state index in [4.69, 9.17) is 14.7 Å². The van der Waals surface area contributed by atoms with Crippen molar-refractivity contribution in [2.24, 2.45) is 0 Å². The van der Waals surface area contributed by atoms with Crippen LogP contribution >= 0.6 is 0 Å². The maximum absolute atomic E-state index is 8.37. The van der Waals surface area contributed by atoms with Crippen LogP contribution in [0.4, 0.5) is 0 Å². The minimum Gasteiger partial charge on any atom is -0.496 e. The molecule has 0 aromatic heterocycles. The molecule has 0 bridgehead atoms. The minimum atomic E-state index is 0.284. The molecule has 12 heavy (non-hydrogen) atoms. The third-order valence-electron chi connectivity index (χ3n) is 1.43. The zero-order valence-corrected chi connectivity index (χ0v) is 6.90. The first-order valence-electron chi connectivity index (χ1n) is 3.34. The first-order chi connectivity index (χ1) is 5.80. The largest absolute Gasteiger partial charge is 0.496 e. The fourth-order valence-electron chi connectivity index (χ4n) is 0.834. The van der Waals surface area contributed by atoms with Crippen LogP contribution in [0.15, 0.2) is 18.2 Å². The summed E-state index contributed by atoms with van der Waals surface area (Å²) in [5, 5.41) is 8.37. The quantitative estimate of drug-likeness (QED) is 0.552. The van der Waals surface area contributed by atoms with Crippen LogP contribution in [0.5, 0.6) is 17.2 Å². The van der Waals surface area contributed by atoms with Crippen molar-refractivity contribution < 1.29 is 19.6 Å². The molecular formula is C8H10O4. The van der Waals surface area contributed by atoms with Crippen LogP contribution in [-0.4, -0.2) is 19.5 Å². The maximum atomic E-state index is 8.37. The third kappa shape index (κ3) is 1.79. The summed E-state index contributed by atoms with van der Waals surface area (Å²) in [5.41, 5.74) is 0. The lowest BCUT2D eigenvalue weighted by Crippen LogP contribution is -1.90. The van der Waals surface area contributed by atoms with Crippen molar-refractivity contribution in [1.29, 1.82) is 0 Å². The second-order valence-corrected chi connectivity index (χ2v) is 2.14. The molecule has 0 aliphatic rings. The van der Waals surface area contributed by atoms with Crippen LogP contribution in [0.3, 0.4) is 0 Å². The molecule has 0 unspecified atom stereocenters. The zero-order valence-electron chi connectivity index (χ0n) is 6.90. The highest BCUT2D eigenvalue weighted by molar-refractivity contribution is 5.41. The predicted octanol–water partition coefficient (Wildman–Crippen LogP) is 1.56. The highest BCUT2D eigenvalue weighted by Crippen LogP contribution is 2.26. The summed E-state index contributed by atoms with van der Waals surface area (Å²) in [7, 11) is 3.05. The summed E-state index contributed by atoms with van der Waals surface area (Å²) >= 11 is 0. The SMILES string of the molecule is COc1cc(OC)cc(OO)c1. The van der Waals surface area contributed by atoms with E-state index in [0.717, 1.165) is 0 Å². The molecule has 0 heterocycles. The van der Waals surface area contributed by atoms with Crippen LogP contribution in [0.1, 0.15) is 0 Å². The summed E-state index contributed by atoms with van der Waals surface area (Å²) in [4.78, 5) is 4.04. The first-order valence-corrected chi connectivity index (χ1v) is 3.34. The number of rotatable bonds is 3. The van der Waals surface area contributed by atoms with Crippen molar-refractivity contribution in [2.45, 2.75) is 0 Å². The van der Waals surface area contributed by atoms with Gasteiger partial charge in [0.1, 0.15) is 11.5 Å². The lowest BCUT2D eigenvalue weighted by atomic mass is 10.3. The van der Waals surface area contributed by atoms with E-state index in [1.807, 2.05) is 0 Å². The predicted molar refractivity (Wildman–Crippen MR) is 42.8 cm³/mol. The number of ether oxygens (including phenoxy) is 2. The van der Waals surface area contributed by atoms with Gasteiger partial charge in [-0.05, 0) is 0 Å². The Morgan fingerprint density at radius 2 is 1.33 bits per heavy atom.